The number of hydrogen-bond donors (Lipinski definition) is 1. The first-order chi connectivity index (χ1) is 9.97. The molecule has 1 atom stereocenters. The quantitative estimate of drug-likeness (QED) is 0.907. The molecule has 0 radical (unpaired) electrons. The molecule has 0 aromatic heterocycles. The van der Waals surface area contributed by atoms with Gasteiger partial charge in [0.2, 0.25) is 5.91 Å². The molecule has 1 amide bonds. The van der Waals surface area contributed by atoms with Crippen molar-refractivity contribution >= 4 is 17.5 Å². The molecule has 5 heteroatoms. The molecule has 2 aromatic carbocycles. The molecule has 0 saturated heterocycles. The highest BCUT2D eigenvalue weighted by atomic mass is 35.5. The Hall–Kier alpha value is -1.94. The van der Waals surface area contributed by atoms with Gasteiger partial charge < -0.3 is 5.32 Å². The summed E-state index contributed by atoms with van der Waals surface area (Å²) >= 11 is 5.99. The SMILES string of the molecule is CC(NC(=O)Cc1ccccc1Cl)c1ccc(F)c(F)c1. The molecule has 0 fully saturated rings. The van der Waals surface area contributed by atoms with Crippen LogP contribution in [-0.2, 0) is 11.2 Å². The number of rotatable bonds is 4. The van der Waals surface area contributed by atoms with Crippen LogP contribution in [0, 0.1) is 11.6 Å². The second-order valence-corrected chi connectivity index (χ2v) is 5.14. The summed E-state index contributed by atoms with van der Waals surface area (Å²) in [5, 5.41) is 3.25. The molecular weight excluding hydrogens is 296 g/mol. The molecule has 110 valence electrons. The van der Waals surface area contributed by atoms with Crippen molar-refractivity contribution in [3.8, 4) is 0 Å². The molecule has 0 bridgehead atoms. The standard InChI is InChI=1S/C16H14ClF2NO/c1-10(11-6-7-14(18)15(19)8-11)20-16(21)9-12-4-2-3-5-13(12)17/h2-8,10H,9H2,1H3,(H,20,21). The zero-order valence-electron chi connectivity index (χ0n) is 11.4. The van der Waals surface area contributed by atoms with Crippen LogP contribution in [0.4, 0.5) is 8.78 Å². The Bertz CT molecular complexity index is 660. The number of hydrogen-bond acceptors (Lipinski definition) is 1. The van der Waals surface area contributed by atoms with Crippen LogP contribution in [0.2, 0.25) is 5.02 Å². The zero-order valence-corrected chi connectivity index (χ0v) is 12.1. The zero-order chi connectivity index (χ0) is 15.4. The third-order valence-corrected chi connectivity index (χ3v) is 3.50. The average molecular weight is 310 g/mol. The predicted octanol–water partition coefficient (Wildman–Crippen LogP) is 4.04. The van der Waals surface area contributed by atoms with E-state index < -0.39 is 17.7 Å². The molecule has 2 rings (SSSR count). The summed E-state index contributed by atoms with van der Waals surface area (Å²) in [6.07, 6.45) is 0.133. The summed E-state index contributed by atoms with van der Waals surface area (Å²) in [7, 11) is 0. The predicted molar refractivity (Wildman–Crippen MR) is 78.1 cm³/mol. The van der Waals surface area contributed by atoms with Crippen LogP contribution in [0.15, 0.2) is 42.5 Å². The number of halogens is 3. The van der Waals surface area contributed by atoms with E-state index in [4.69, 9.17) is 11.6 Å². The fourth-order valence-electron chi connectivity index (χ4n) is 1.97. The van der Waals surface area contributed by atoms with E-state index in [-0.39, 0.29) is 12.3 Å². The van der Waals surface area contributed by atoms with E-state index in [2.05, 4.69) is 5.32 Å². The summed E-state index contributed by atoms with van der Waals surface area (Å²) in [4.78, 5) is 12.0. The summed E-state index contributed by atoms with van der Waals surface area (Å²) < 4.78 is 26.1. The Morgan fingerprint density at radius 3 is 2.57 bits per heavy atom. The van der Waals surface area contributed by atoms with Gasteiger partial charge in [-0.05, 0) is 36.2 Å². The number of nitrogens with one attached hydrogen (secondary N) is 1. The monoisotopic (exact) mass is 309 g/mol. The summed E-state index contributed by atoms with van der Waals surface area (Å²) in [6, 6.07) is 10.2. The van der Waals surface area contributed by atoms with E-state index in [1.165, 1.54) is 6.07 Å². The smallest absolute Gasteiger partial charge is 0.224 e. The van der Waals surface area contributed by atoms with Crippen LogP contribution in [0.1, 0.15) is 24.1 Å². The summed E-state index contributed by atoms with van der Waals surface area (Å²) in [5.41, 5.74) is 1.22. The van der Waals surface area contributed by atoms with Crippen LogP contribution in [-0.4, -0.2) is 5.91 Å². The molecule has 1 unspecified atom stereocenters. The molecule has 0 saturated carbocycles. The van der Waals surface area contributed by atoms with Gasteiger partial charge in [-0.25, -0.2) is 8.78 Å². The number of benzene rings is 2. The molecule has 0 spiro atoms. The van der Waals surface area contributed by atoms with Crippen LogP contribution in [0.3, 0.4) is 0 Å². The van der Waals surface area contributed by atoms with Gasteiger partial charge in [0.05, 0.1) is 12.5 Å². The van der Waals surface area contributed by atoms with E-state index in [1.54, 1.807) is 31.2 Å². The minimum absolute atomic E-state index is 0.133. The van der Waals surface area contributed by atoms with Gasteiger partial charge in [0.25, 0.3) is 0 Å². The largest absolute Gasteiger partial charge is 0.349 e. The Balaban J connectivity index is 2.02. The van der Waals surface area contributed by atoms with Crippen molar-refractivity contribution in [1.29, 1.82) is 0 Å². The highest BCUT2D eigenvalue weighted by Gasteiger charge is 2.13. The first-order valence-corrected chi connectivity index (χ1v) is 6.83. The number of carbonyl (C=O) groups excluding carboxylic acids is 1. The fourth-order valence-corrected chi connectivity index (χ4v) is 2.17. The number of amides is 1. The lowest BCUT2D eigenvalue weighted by Crippen LogP contribution is -2.28. The van der Waals surface area contributed by atoms with Gasteiger partial charge in [0.15, 0.2) is 11.6 Å². The summed E-state index contributed by atoms with van der Waals surface area (Å²) in [6.45, 7) is 1.71. The van der Waals surface area contributed by atoms with Crippen LogP contribution < -0.4 is 5.32 Å². The normalized spacial score (nSPS) is 12.0. The van der Waals surface area contributed by atoms with E-state index in [9.17, 15) is 13.6 Å². The molecule has 0 heterocycles. The first-order valence-electron chi connectivity index (χ1n) is 6.45. The third-order valence-electron chi connectivity index (χ3n) is 3.13. The summed E-state index contributed by atoms with van der Waals surface area (Å²) in [5.74, 6) is -2.08. The van der Waals surface area contributed by atoms with E-state index >= 15 is 0 Å². The third kappa shape index (κ3) is 4.02. The van der Waals surface area contributed by atoms with E-state index in [0.29, 0.717) is 16.1 Å². The molecule has 0 aliphatic carbocycles. The van der Waals surface area contributed by atoms with Crippen LogP contribution >= 0.6 is 11.6 Å². The van der Waals surface area contributed by atoms with Gasteiger partial charge >= 0.3 is 0 Å². The van der Waals surface area contributed by atoms with Crippen molar-refractivity contribution in [3.05, 3.63) is 70.2 Å². The van der Waals surface area contributed by atoms with Gasteiger partial charge in [0.1, 0.15) is 0 Å². The molecular formula is C16H14ClF2NO. The topological polar surface area (TPSA) is 29.1 Å². The average Bonchev–Trinajstić information content (AvgIpc) is 2.44. The van der Waals surface area contributed by atoms with Gasteiger partial charge in [-0.2, -0.15) is 0 Å². The van der Waals surface area contributed by atoms with Crippen LogP contribution in [0.25, 0.3) is 0 Å². The van der Waals surface area contributed by atoms with Crippen LogP contribution in [0.5, 0.6) is 0 Å². The van der Waals surface area contributed by atoms with Crippen molar-refractivity contribution in [1.82, 2.24) is 5.32 Å². The van der Waals surface area contributed by atoms with Gasteiger partial charge in [-0.3, -0.25) is 4.79 Å². The molecule has 1 N–H and O–H groups in total. The second-order valence-electron chi connectivity index (χ2n) is 4.73. The minimum Gasteiger partial charge on any atom is -0.349 e. The van der Waals surface area contributed by atoms with Gasteiger partial charge in [-0.15, -0.1) is 0 Å². The molecule has 2 aromatic rings. The molecule has 0 aliphatic rings. The highest BCUT2D eigenvalue weighted by molar-refractivity contribution is 6.31. The molecule has 21 heavy (non-hydrogen) atoms. The maximum absolute atomic E-state index is 13.2. The Kier molecular flexibility index (Phi) is 4.91. The molecule has 0 aliphatic heterocycles. The lowest BCUT2D eigenvalue weighted by atomic mass is 10.1. The fraction of sp³-hybridized carbons (Fsp3) is 0.188. The van der Waals surface area contributed by atoms with E-state index in [1.807, 2.05) is 0 Å². The highest BCUT2D eigenvalue weighted by Crippen LogP contribution is 2.18. The second kappa shape index (κ2) is 6.68. The van der Waals surface area contributed by atoms with Crippen molar-refractivity contribution < 1.29 is 13.6 Å². The van der Waals surface area contributed by atoms with E-state index in [0.717, 1.165) is 12.1 Å². The maximum atomic E-state index is 13.2. The Labute approximate surface area is 126 Å². The maximum Gasteiger partial charge on any atom is 0.224 e. The minimum atomic E-state index is -0.931. The molecule has 2 nitrogen and oxygen atoms in total. The lowest BCUT2D eigenvalue weighted by molar-refractivity contribution is -0.121. The van der Waals surface area contributed by atoms with Gasteiger partial charge in [0, 0.05) is 5.02 Å². The van der Waals surface area contributed by atoms with Crippen molar-refractivity contribution in [2.75, 3.05) is 0 Å². The lowest BCUT2D eigenvalue weighted by Gasteiger charge is -2.15. The van der Waals surface area contributed by atoms with Crippen molar-refractivity contribution in [2.45, 2.75) is 19.4 Å². The van der Waals surface area contributed by atoms with Crippen molar-refractivity contribution in [3.63, 3.8) is 0 Å². The Morgan fingerprint density at radius 1 is 1.19 bits per heavy atom. The Morgan fingerprint density at radius 2 is 1.90 bits per heavy atom. The number of carbonyl (C=O) groups is 1. The van der Waals surface area contributed by atoms with Gasteiger partial charge in [-0.1, -0.05) is 35.9 Å². The first kappa shape index (κ1) is 15.4. The van der Waals surface area contributed by atoms with Crippen molar-refractivity contribution in [2.24, 2.45) is 0 Å².